The van der Waals surface area contributed by atoms with E-state index < -0.39 is 0 Å². The molecule has 0 fully saturated rings. The monoisotopic (exact) mass is 377 g/mol. The summed E-state index contributed by atoms with van der Waals surface area (Å²) in [7, 11) is 1.80. The van der Waals surface area contributed by atoms with Gasteiger partial charge in [-0.05, 0) is 0 Å². The number of carbonyl (C=O) groups is 1. The predicted octanol–water partition coefficient (Wildman–Crippen LogP) is 2.48. The number of thioether (sulfide) groups is 1. The molecule has 2 aromatic heterocycles. The van der Waals surface area contributed by atoms with Crippen molar-refractivity contribution < 1.29 is 14.3 Å². The SMILES string of the molecule is Cn1ncc2c(SCC(=O)Nc3cc4c(cc3Cl)OCO4)ncnc21. The first-order valence-corrected chi connectivity index (χ1v) is 8.62. The van der Waals surface area contributed by atoms with Crippen molar-refractivity contribution >= 4 is 46.0 Å². The summed E-state index contributed by atoms with van der Waals surface area (Å²) >= 11 is 7.47. The topological polar surface area (TPSA) is 91.2 Å². The molecule has 0 radical (unpaired) electrons. The van der Waals surface area contributed by atoms with Crippen LogP contribution in [-0.2, 0) is 11.8 Å². The lowest BCUT2D eigenvalue weighted by Gasteiger charge is -2.08. The Balaban J connectivity index is 1.46. The van der Waals surface area contributed by atoms with Crippen molar-refractivity contribution in [3.63, 3.8) is 0 Å². The number of nitrogens with one attached hydrogen (secondary N) is 1. The first kappa shape index (κ1) is 16.0. The summed E-state index contributed by atoms with van der Waals surface area (Å²) in [6.07, 6.45) is 3.14. The van der Waals surface area contributed by atoms with Gasteiger partial charge in [0, 0.05) is 19.2 Å². The largest absolute Gasteiger partial charge is 0.454 e. The van der Waals surface area contributed by atoms with Crippen molar-refractivity contribution in [3.8, 4) is 11.5 Å². The van der Waals surface area contributed by atoms with Gasteiger partial charge in [0.05, 0.1) is 28.0 Å². The maximum Gasteiger partial charge on any atom is 0.234 e. The highest BCUT2D eigenvalue weighted by Gasteiger charge is 2.18. The summed E-state index contributed by atoms with van der Waals surface area (Å²) in [5.41, 5.74) is 1.20. The minimum absolute atomic E-state index is 0.147. The van der Waals surface area contributed by atoms with Crippen LogP contribution >= 0.6 is 23.4 Å². The van der Waals surface area contributed by atoms with Crippen LogP contribution in [0.3, 0.4) is 0 Å². The minimum atomic E-state index is -0.207. The molecule has 3 aromatic rings. The van der Waals surface area contributed by atoms with E-state index in [4.69, 9.17) is 21.1 Å². The molecule has 1 aliphatic rings. The predicted molar refractivity (Wildman–Crippen MR) is 93.2 cm³/mol. The van der Waals surface area contributed by atoms with Crippen LogP contribution in [-0.4, -0.2) is 38.2 Å². The van der Waals surface area contributed by atoms with Crippen molar-refractivity contribution in [2.75, 3.05) is 17.9 Å². The zero-order valence-electron chi connectivity index (χ0n) is 13.0. The second-order valence-corrected chi connectivity index (χ2v) is 6.58. The van der Waals surface area contributed by atoms with Crippen molar-refractivity contribution in [1.82, 2.24) is 19.7 Å². The fraction of sp³-hybridized carbons (Fsp3) is 0.200. The molecule has 4 rings (SSSR count). The molecule has 1 aromatic carbocycles. The third kappa shape index (κ3) is 3.08. The summed E-state index contributed by atoms with van der Waals surface area (Å²) < 4.78 is 12.2. The lowest BCUT2D eigenvalue weighted by Crippen LogP contribution is -2.14. The number of anilines is 1. The minimum Gasteiger partial charge on any atom is -0.454 e. The van der Waals surface area contributed by atoms with Crippen LogP contribution in [0, 0.1) is 0 Å². The molecule has 0 spiro atoms. The molecule has 128 valence electrons. The summed E-state index contributed by atoms with van der Waals surface area (Å²) in [5, 5.41) is 8.82. The number of aromatic nitrogens is 4. The van der Waals surface area contributed by atoms with E-state index in [0.29, 0.717) is 27.2 Å². The second-order valence-electron chi connectivity index (χ2n) is 5.21. The van der Waals surface area contributed by atoms with Crippen molar-refractivity contribution in [1.29, 1.82) is 0 Å². The Morgan fingerprint density at radius 1 is 1.36 bits per heavy atom. The lowest BCUT2D eigenvalue weighted by molar-refractivity contribution is -0.113. The van der Waals surface area contributed by atoms with Crippen LogP contribution in [0.2, 0.25) is 5.02 Å². The average Bonchev–Trinajstić information content (AvgIpc) is 3.20. The maximum atomic E-state index is 12.3. The van der Waals surface area contributed by atoms with Crippen LogP contribution in [0.4, 0.5) is 5.69 Å². The Hall–Kier alpha value is -2.52. The summed E-state index contributed by atoms with van der Waals surface area (Å²) in [4.78, 5) is 20.6. The number of amides is 1. The number of hydrogen-bond donors (Lipinski definition) is 1. The number of nitrogens with zero attached hydrogens (tertiary/aromatic N) is 4. The van der Waals surface area contributed by atoms with Crippen LogP contribution < -0.4 is 14.8 Å². The zero-order chi connectivity index (χ0) is 17.4. The van der Waals surface area contributed by atoms with E-state index in [2.05, 4.69) is 20.4 Å². The van der Waals surface area contributed by atoms with Crippen LogP contribution in [0.25, 0.3) is 11.0 Å². The molecule has 0 saturated heterocycles. The molecule has 3 heterocycles. The number of ether oxygens (including phenoxy) is 2. The molecule has 1 N–H and O–H groups in total. The first-order chi connectivity index (χ1) is 12.1. The highest BCUT2D eigenvalue weighted by atomic mass is 35.5. The van der Waals surface area contributed by atoms with Crippen molar-refractivity contribution in [2.24, 2.45) is 7.05 Å². The molecule has 25 heavy (non-hydrogen) atoms. The van der Waals surface area contributed by atoms with Gasteiger partial charge in [0.15, 0.2) is 17.1 Å². The normalized spacial score (nSPS) is 12.6. The van der Waals surface area contributed by atoms with Gasteiger partial charge in [0.1, 0.15) is 11.4 Å². The van der Waals surface area contributed by atoms with E-state index in [1.165, 1.54) is 18.1 Å². The number of benzene rings is 1. The summed E-state index contributed by atoms with van der Waals surface area (Å²) in [6.45, 7) is 0.147. The quantitative estimate of drug-likeness (QED) is 0.551. The molecule has 8 nitrogen and oxygen atoms in total. The summed E-state index contributed by atoms with van der Waals surface area (Å²) in [5.74, 6) is 1.09. The number of fused-ring (bicyclic) bond motifs is 2. The van der Waals surface area contributed by atoms with E-state index in [-0.39, 0.29) is 18.5 Å². The van der Waals surface area contributed by atoms with Gasteiger partial charge in [-0.3, -0.25) is 9.48 Å². The van der Waals surface area contributed by atoms with Gasteiger partial charge in [-0.25, -0.2) is 9.97 Å². The van der Waals surface area contributed by atoms with E-state index in [1.807, 2.05) is 0 Å². The molecule has 0 saturated carbocycles. The highest BCUT2D eigenvalue weighted by molar-refractivity contribution is 8.00. The van der Waals surface area contributed by atoms with Gasteiger partial charge >= 0.3 is 0 Å². The van der Waals surface area contributed by atoms with Crippen LogP contribution in [0.5, 0.6) is 11.5 Å². The van der Waals surface area contributed by atoms with Gasteiger partial charge in [-0.2, -0.15) is 5.10 Å². The van der Waals surface area contributed by atoms with Crippen molar-refractivity contribution in [2.45, 2.75) is 5.03 Å². The average molecular weight is 378 g/mol. The number of carbonyl (C=O) groups excluding carboxylic acids is 1. The molecule has 0 unspecified atom stereocenters. The smallest absolute Gasteiger partial charge is 0.234 e. The summed E-state index contributed by atoms with van der Waals surface area (Å²) in [6, 6.07) is 3.27. The number of hydrogen-bond acceptors (Lipinski definition) is 7. The second kappa shape index (κ2) is 6.41. The maximum absolute atomic E-state index is 12.3. The molecule has 0 aliphatic carbocycles. The van der Waals surface area contributed by atoms with Gasteiger partial charge in [0.2, 0.25) is 12.7 Å². The molecule has 0 bridgehead atoms. The van der Waals surface area contributed by atoms with Crippen molar-refractivity contribution in [3.05, 3.63) is 29.7 Å². The third-order valence-electron chi connectivity index (χ3n) is 3.57. The number of aryl methyl sites for hydroxylation is 1. The van der Waals surface area contributed by atoms with E-state index in [0.717, 1.165) is 11.0 Å². The Kier molecular flexibility index (Phi) is 4.10. The molecule has 1 aliphatic heterocycles. The van der Waals surface area contributed by atoms with E-state index in [1.54, 1.807) is 30.1 Å². The van der Waals surface area contributed by atoms with Crippen LogP contribution in [0.1, 0.15) is 0 Å². The van der Waals surface area contributed by atoms with E-state index >= 15 is 0 Å². The molecule has 10 heteroatoms. The Morgan fingerprint density at radius 3 is 3.00 bits per heavy atom. The Morgan fingerprint density at radius 2 is 2.16 bits per heavy atom. The fourth-order valence-electron chi connectivity index (χ4n) is 2.39. The van der Waals surface area contributed by atoms with Gasteiger partial charge < -0.3 is 14.8 Å². The highest BCUT2D eigenvalue weighted by Crippen LogP contribution is 2.39. The van der Waals surface area contributed by atoms with Crippen LogP contribution in [0.15, 0.2) is 29.7 Å². The fourth-order valence-corrected chi connectivity index (χ4v) is 3.35. The Labute approximate surface area is 151 Å². The zero-order valence-corrected chi connectivity index (χ0v) is 14.6. The van der Waals surface area contributed by atoms with Gasteiger partial charge in [-0.1, -0.05) is 23.4 Å². The number of halogens is 1. The first-order valence-electron chi connectivity index (χ1n) is 7.26. The molecule has 1 amide bonds. The van der Waals surface area contributed by atoms with Gasteiger partial charge in [0.25, 0.3) is 0 Å². The van der Waals surface area contributed by atoms with Gasteiger partial charge in [-0.15, -0.1) is 0 Å². The molecular weight excluding hydrogens is 366 g/mol. The molecule has 0 atom stereocenters. The number of rotatable bonds is 4. The molecular formula is C15H12ClN5O3S. The third-order valence-corrected chi connectivity index (χ3v) is 4.89. The Bertz CT molecular complexity index is 977. The lowest BCUT2D eigenvalue weighted by atomic mass is 10.2. The van der Waals surface area contributed by atoms with E-state index in [9.17, 15) is 4.79 Å². The standard InChI is InChI=1S/C15H12ClN5O3S/c1-21-14-8(4-19-21)15(18-6-17-14)25-5-13(22)20-10-3-12-11(2-9(10)16)23-7-24-12/h2-4,6H,5,7H2,1H3,(H,20,22).